The van der Waals surface area contributed by atoms with Crippen LogP contribution in [0.3, 0.4) is 0 Å². The van der Waals surface area contributed by atoms with Crippen LogP contribution in [-0.4, -0.2) is 21.4 Å². The summed E-state index contributed by atoms with van der Waals surface area (Å²) < 4.78 is 1.87. The van der Waals surface area contributed by atoms with Crippen LogP contribution in [0, 0.1) is 17.0 Å². The van der Waals surface area contributed by atoms with E-state index in [2.05, 4.69) is 10.3 Å². The normalized spacial score (nSPS) is 13.8. The minimum absolute atomic E-state index is 0.108. The molecule has 0 unspecified atom stereocenters. The lowest BCUT2D eigenvalue weighted by atomic mass is 10.1. The highest BCUT2D eigenvalue weighted by Crippen LogP contribution is 2.31. The number of aromatic nitrogens is 1. The third-order valence-electron chi connectivity index (χ3n) is 4.98. The fraction of sp³-hybridized carbons (Fsp3) is 0.217. The number of hydrogen-bond acceptors (Lipinski definition) is 4. The van der Waals surface area contributed by atoms with Crippen molar-refractivity contribution in [2.45, 2.75) is 32.4 Å². The molecule has 1 saturated carbocycles. The summed E-state index contributed by atoms with van der Waals surface area (Å²) in [5, 5.41) is 14.6. The molecule has 3 aromatic rings. The molecule has 1 fully saturated rings. The van der Waals surface area contributed by atoms with E-state index in [-0.39, 0.29) is 17.3 Å². The van der Waals surface area contributed by atoms with E-state index in [9.17, 15) is 14.9 Å². The van der Waals surface area contributed by atoms with Gasteiger partial charge in [0.2, 0.25) is 0 Å². The molecule has 152 valence electrons. The molecule has 7 nitrogen and oxygen atoms in total. The van der Waals surface area contributed by atoms with Gasteiger partial charge >= 0.3 is 0 Å². The molecule has 1 amide bonds. The summed E-state index contributed by atoms with van der Waals surface area (Å²) in [6.45, 7) is 2.60. The number of pyridine rings is 1. The van der Waals surface area contributed by atoms with Gasteiger partial charge in [-0.3, -0.25) is 14.9 Å². The fourth-order valence-electron chi connectivity index (χ4n) is 3.15. The maximum atomic E-state index is 12.8. The molecule has 0 bridgehead atoms. The quantitative estimate of drug-likeness (QED) is 0.497. The van der Waals surface area contributed by atoms with Crippen LogP contribution in [0.1, 0.15) is 34.3 Å². The predicted octanol–water partition coefficient (Wildman–Crippen LogP) is 4.07. The largest absolute Gasteiger partial charge is 0.377 e. The van der Waals surface area contributed by atoms with Crippen molar-refractivity contribution in [1.29, 1.82) is 0 Å². The predicted molar refractivity (Wildman–Crippen MR) is 114 cm³/mol. The Labute approximate surface area is 173 Å². The number of nitrogens with one attached hydrogen (secondary N) is 1. The highest BCUT2D eigenvalue weighted by molar-refractivity contribution is 5.96. The van der Waals surface area contributed by atoms with E-state index >= 15 is 0 Å². The summed E-state index contributed by atoms with van der Waals surface area (Å²) in [5.41, 5.74) is 3.28. The van der Waals surface area contributed by atoms with E-state index in [0.29, 0.717) is 17.7 Å². The van der Waals surface area contributed by atoms with Gasteiger partial charge in [-0.05, 0) is 49.6 Å². The third-order valence-corrected chi connectivity index (χ3v) is 4.98. The van der Waals surface area contributed by atoms with Crippen LogP contribution in [-0.2, 0) is 6.54 Å². The number of aryl methyl sites for hydroxylation is 1. The monoisotopic (exact) mass is 402 g/mol. The molecular weight excluding hydrogens is 380 g/mol. The Kier molecular flexibility index (Phi) is 5.43. The van der Waals surface area contributed by atoms with Gasteiger partial charge in [-0.2, -0.15) is 4.99 Å². The first kappa shape index (κ1) is 19.6. The van der Waals surface area contributed by atoms with Crippen LogP contribution in [0.2, 0.25) is 0 Å². The average molecular weight is 402 g/mol. The maximum absolute atomic E-state index is 12.8. The van der Waals surface area contributed by atoms with Crippen LogP contribution in [0.5, 0.6) is 0 Å². The van der Waals surface area contributed by atoms with E-state index < -0.39 is 10.8 Å². The molecule has 0 saturated heterocycles. The Morgan fingerprint density at radius 2 is 1.93 bits per heavy atom. The van der Waals surface area contributed by atoms with Gasteiger partial charge in [-0.25, -0.2) is 0 Å². The SMILES string of the molecule is Cc1ccc(Cn2ccccc2=NC(=O)c2ccc(NC3CC3)c([N+](=O)[O-])c2)cc1. The van der Waals surface area contributed by atoms with Crippen molar-refractivity contribution in [2.24, 2.45) is 4.99 Å². The molecular formula is C23H22N4O3. The van der Waals surface area contributed by atoms with Crippen molar-refractivity contribution in [3.05, 3.63) is 99.2 Å². The Balaban J connectivity index is 1.63. The van der Waals surface area contributed by atoms with Crippen molar-refractivity contribution in [1.82, 2.24) is 4.57 Å². The second-order valence-electron chi connectivity index (χ2n) is 7.50. The minimum atomic E-state index is -0.514. The number of carbonyl (C=O) groups excluding carboxylic acids is 1. The first-order valence-electron chi connectivity index (χ1n) is 9.84. The Bertz CT molecular complexity index is 1160. The van der Waals surface area contributed by atoms with E-state index in [1.807, 2.05) is 54.1 Å². The van der Waals surface area contributed by atoms with Gasteiger partial charge in [-0.1, -0.05) is 35.9 Å². The van der Waals surface area contributed by atoms with E-state index in [1.165, 1.54) is 11.6 Å². The molecule has 0 radical (unpaired) electrons. The molecule has 0 spiro atoms. The topological polar surface area (TPSA) is 89.5 Å². The maximum Gasteiger partial charge on any atom is 0.293 e. The van der Waals surface area contributed by atoms with E-state index in [1.54, 1.807) is 18.2 Å². The number of amides is 1. The van der Waals surface area contributed by atoms with E-state index in [4.69, 9.17) is 0 Å². The smallest absolute Gasteiger partial charge is 0.293 e. The molecule has 1 N–H and O–H groups in total. The number of rotatable bonds is 6. The van der Waals surface area contributed by atoms with E-state index in [0.717, 1.165) is 18.4 Å². The number of anilines is 1. The average Bonchev–Trinajstić information content (AvgIpc) is 3.55. The van der Waals surface area contributed by atoms with Crippen LogP contribution >= 0.6 is 0 Å². The van der Waals surface area contributed by atoms with Crippen molar-refractivity contribution in [3.63, 3.8) is 0 Å². The highest BCUT2D eigenvalue weighted by Gasteiger charge is 2.25. The van der Waals surface area contributed by atoms with Crippen molar-refractivity contribution in [3.8, 4) is 0 Å². The zero-order valence-corrected chi connectivity index (χ0v) is 16.6. The lowest BCUT2D eigenvalue weighted by Gasteiger charge is -2.08. The number of nitro groups is 1. The molecule has 7 heteroatoms. The Morgan fingerprint density at radius 3 is 2.63 bits per heavy atom. The first-order valence-corrected chi connectivity index (χ1v) is 9.84. The molecule has 1 heterocycles. The lowest BCUT2D eigenvalue weighted by molar-refractivity contribution is -0.384. The molecule has 2 aromatic carbocycles. The number of benzene rings is 2. The number of carbonyl (C=O) groups is 1. The molecule has 0 aliphatic heterocycles. The third kappa shape index (κ3) is 4.63. The standard InChI is InChI=1S/C23H22N4O3/c1-16-5-7-17(8-6-16)15-26-13-3-2-4-22(26)25-23(28)18-9-12-20(24-19-10-11-19)21(14-18)27(29)30/h2-9,12-14,19,24H,10-11,15H2,1H3. The molecule has 1 aromatic heterocycles. The lowest BCUT2D eigenvalue weighted by Crippen LogP contribution is -2.22. The second kappa shape index (κ2) is 8.32. The van der Waals surface area contributed by atoms with Crippen LogP contribution in [0.4, 0.5) is 11.4 Å². The second-order valence-corrected chi connectivity index (χ2v) is 7.50. The summed E-state index contributed by atoms with van der Waals surface area (Å²) in [6, 6.07) is 18.3. The Hall–Kier alpha value is -3.74. The summed E-state index contributed by atoms with van der Waals surface area (Å²) >= 11 is 0. The van der Waals surface area contributed by atoms with Gasteiger partial charge in [0.1, 0.15) is 11.2 Å². The summed E-state index contributed by atoms with van der Waals surface area (Å²) in [6.07, 6.45) is 3.86. The molecule has 1 aliphatic carbocycles. The summed E-state index contributed by atoms with van der Waals surface area (Å²) in [5.74, 6) is -0.514. The highest BCUT2D eigenvalue weighted by atomic mass is 16.6. The minimum Gasteiger partial charge on any atom is -0.377 e. The van der Waals surface area contributed by atoms with Crippen molar-refractivity contribution >= 4 is 17.3 Å². The first-order chi connectivity index (χ1) is 14.5. The number of nitrogens with zero attached hydrogens (tertiary/aromatic N) is 3. The number of nitro benzene ring substituents is 1. The molecule has 30 heavy (non-hydrogen) atoms. The zero-order valence-electron chi connectivity index (χ0n) is 16.6. The fourth-order valence-corrected chi connectivity index (χ4v) is 3.15. The molecule has 4 rings (SSSR count). The molecule has 0 atom stereocenters. The number of hydrogen-bond donors (Lipinski definition) is 1. The van der Waals surface area contributed by atoms with Crippen molar-refractivity contribution < 1.29 is 9.72 Å². The summed E-state index contributed by atoms with van der Waals surface area (Å²) in [4.78, 5) is 28.0. The van der Waals surface area contributed by atoms with Crippen LogP contribution in [0.15, 0.2) is 71.9 Å². The van der Waals surface area contributed by atoms with Crippen LogP contribution < -0.4 is 10.8 Å². The van der Waals surface area contributed by atoms with Gasteiger partial charge in [0.15, 0.2) is 0 Å². The van der Waals surface area contributed by atoms with Gasteiger partial charge in [0.05, 0.1) is 4.92 Å². The Morgan fingerprint density at radius 1 is 1.17 bits per heavy atom. The van der Waals surface area contributed by atoms with Crippen LogP contribution in [0.25, 0.3) is 0 Å². The van der Waals surface area contributed by atoms with Gasteiger partial charge in [0.25, 0.3) is 11.6 Å². The van der Waals surface area contributed by atoms with Crippen molar-refractivity contribution in [2.75, 3.05) is 5.32 Å². The van der Waals surface area contributed by atoms with Gasteiger partial charge in [-0.15, -0.1) is 0 Å². The van der Waals surface area contributed by atoms with Gasteiger partial charge < -0.3 is 9.88 Å². The van der Waals surface area contributed by atoms with Gasteiger partial charge in [0, 0.05) is 30.4 Å². The molecule has 1 aliphatic rings. The summed E-state index contributed by atoms with van der Waals surface area (Å²) in [7, 11) is 0. The zero-order chi connectivity index (χ0) is 21.1.